The standard InChI is InChI=1S/C31H38N2O3S/c1-7-35-26-17-21(13-16-25(26)36-20(2)3)19-32-30-28(29(34)33-23-11-9-8-10-12-23)24-15-14-22(31(4,5)6)18-27(24)37-30/h8-13,16-17,19-20,22H,7,14-15,18H2,1-6H3,(H,33,34)/t22-/m1/s1. The molecule has 2 aromatic carbocycles. The molecule has 0 unspecified atom stereocenters. The van der Waals surface area contributed by atoms with E-state index in [4.69, 9.17) is 14.5 Å². The van der Waals surface area contributed by atoms with Gasteiger partial charge in [-0.25, -0.2) is 4.99 Å². The summed E-state index contributed by atoms with van der Waals surface area (Å²) in [6, 6.07) is 15.4. The number of amides is 1. The summed E-state index contributed by atoms with van der Waals surface area (Å²) in [5, 5.41) is 3.84. The van der Waals surface area contributed by atoms with Crippen LogP contribution in [0.25, 0.3) is 0 Å². The van der Waals surface area contributed by atoms with E-state index in [0.717, 1.165) is 46.8 Å². The van der Waals surface area contributed by atoms with Gasteiger partial charge in [0.2, 0.25) is 0 Å². The minimum Gasteiger partial charge on any atom is -0.490 e. The van der Waals surface area contributed by atoms with Crippen LogP contribution in [0, 0.1) is 11.3 Å². The number of nitrogens with one attached hydrogen (secondary N) is 1. The highest BCUT2D eigenvalue weighted by molar-refractivity contribution is 7.16. The molecule has 4 rings (SSSR count). The van der Waals surface area contributed by atoms with Crippen LogP contribution in [-0.2, 0) is 12.8 Å². The molecule has 1 heterocycles. The number of hydrogen-bond acceptors (Lipinski definition) is 5. The lowest BCUT2D eigenvalue weighted by molar-refractivity contribution is 0.102. The summed E-state index contributed by atoms with van der Waals surface area (Å²) >= 11 is 1.65. The van der Waals surface area contributed by atoms with E-state index in [1.165, 1.54) is 4.88 Å². The number of benzene rings is 2. The van der Waals surface area contributed by atoms with Gasteiger partial charge in [-0.2, -0.15) is 0 Å². The number of fused-ring (bicyclic) bond motifs is 1. The quantitative estimate of drug-likeness (QED) is 0.307. The maximum absolute atomic E-state index is 13.5. The van der Waals surface area contributed by atoms with Crippen LogP contribution in [0.2, 0.25) is 0 Å². The number of para-hydroxylation sites is 1. The summed E-state index contributed by atoms with van der Waals surface area (Å²) in [6.07, 6.45) is 4.84. The van der Waals surface area contributed by atoms with Crippen molar-refractivity contribution in [2.24, 2.45) is 16.3 Å². The summed E-state index contributed by atoms with van der Waals surface area (Å²) in [5.74, 6) is 1.90. The van der Waals surface area contributed by atoms with Crippen LogP contribution in [0.4, 0.5) is 10.7 Å². The number of carbonyl (C=O) groups excluding carboxylic acids is 1. The smallest absolute Gasteiger partial charge is 0.259 e. The Morgan fingerprint density at radius 3 is 2.59 bits per heavy atom. The molecule has 1 aliphatic carbocycles. The van der Waals surface area contributed by atoms with E-state index in [2.05, 4.69) is 26.1 Å². The van der Waals surface area contributed by atoms with Crippen molar-refractivity contribution in [2.75, 3.05) is 11.9 Å². The average Bonchev–Trinajstić information content (AvgIpc) is 3.22. The molecule has 1 amide bonds. The molecule has 0 saturated heterocycles. The Bertz CT molecular complexity index is 1260. The van der Waals surface area contributed by atoms with Crippen molar-refractivity contribution < 1.29 is 14.3 Å². The molecular weight excluding hydrogens is 480 g/mol. The molecule has 0 radical (unpaired) electrons. The summed E-state index contributed by atoms with van der Waals surface area (Å²) < 4.78 is 11.7. The first-order chi connectivity index (χ1) is 17.7. The van der Waals surface area contributed by atoms with Crippen molar-refractivity contribution in [3.05, 3.63) is 70.1 Å². The molecule has 5 nitrogen and oxygen atoms in total. The maximum Gasteiger partial charge on any atom is 0.259 e. The molecule has 1 aromatic heterocycles. The van der Waals surface area contributed by atoms with E-state index in [1.807, 2.05) is 75.5 Å². The molecule has 37 heavy (non-hydrogen) atoms. The molecule has 0 saturated carbocycles. The molecule has 6 heteroatoms. The molecule has 1 atom stereocenters. The van der Waals surface area contributed by atoms with Gasteiger partial charge in [-0.3, -0.25) is 4.79 Å². The van der Waals surface area contributed by atoms with E-state index in [-0.39, 0.29) is 17.4 Å². The third-order valence-corrected chi connectivity index (χ3v) is 7.85. The summed E-state index contributed by atoms with van der Waals surface area (Å²) in [4.78, 5) is 19.7. The number of rotatable bonds is 8. The van der Waals surface area contributed by atoms with Crippen LogP contribution >= 0.6 is 11.3 Å². The maximum atomic E-state index is 13.5. The lowest BCUT2D eigenvalue weighted by Gasteiger charge is -2.33. The van der Waals surface area contributed by atoms with E-state index >= 15 is 0 Å². The average molecular weight is 519 g/mol. The van der Waals surface area contributed by atoms with Crippen molar-refractivity contribution in [1.29, 1.82) is 0 Å². The Morgan fingerprint density at radius 2 is 1.92 bits per heavy atom. The summed E-state index contributed by atoms with van der Waals surface area (Å²) in [7, 11) is 0. The highest BCUT2D eigenvalue weighted by atomic mass is 32.1. The van der Waals surface area contributed by atoms with Crippen LogP contribution in [0.15, 0.2) is 53.5 Å². The normalized spacial score (nSPS) is 15.6. The number of hydrogen-bond donors (Lipinski definition) is 1. The van der Waals surface area contributed by atoms with Gasteiger partial charge in [0.25, 0.3) is 5.91 Å². The van der Waals surface area contributed by atoms with E-state index < -0.39 is 0 Å². The van der Waals surface area contributed by atoms with E-state index in [1.54, 1.807) is 11.3 Å². The van der Waals surface area contributed by atoms with Gasteiger partial charge >= 0.3 is 0 Å². The first-order valence-electron chi connectivity index (χ1n) is 13.1. The highest BCUT2D eigenvalue weighted by Gasteiger charge is 2.33. The molecule has 196 valence electrons. The van der Waals surface area contributed by atoms with Crippen LogP contribution < -0.4 is 14.8 Å². The molecule has 0 fully saturated rings. The monoisotopic (exact) mass is 518 g/mol. The Kier molecular flexibility index (Phi) is 8.38. The van der Waals surface area contributed by atoms with Crippen molar-refractivity contribution in [1.82, 2.24) is 0 Å². The zero-order valence-electron chi connectivity index (χ0n) is 22.8. The number of anilines is 1. The SMILES string of the molecule is CCOc1cc(C=Nc2sc3c(c2C(=O)Nc2ccccc2)CC[C@@H](C(C)(C)C)C3)ccc1OC(C)C. The Balaban J connectivity index is 1.68. The lowest BCUT2D eigenvalue weighted by Crippen LogP contribution is -2.27. The predicted molar refractivity (Wildman–Crippen MR) is 154 cm³/mol. The number of thiophene rings is 1. The van der Waals surface area contributed by atoms with Crippen molar-refractivity contribution in [2.45, 2.75) is 66.9 Å². The van der Waals surface area contributed by atoms with Gasteiger partial charge in [0.15, 0.2) is 11.5 Å². The third-order valence-electron chi connectivity index (χ3n) is 6.69. The minimum atomic E-state index is -0.0965. The predicted octanol–water partition coefficient (Wildman–Crippen LogP) is 8.09. The third kappa shape index (κ3) is 6.61. The lowest BCUT2D eigenvalue weighted by atomic mass is 9.72. The van der Waals surface area contributed by atoms with E-state index in [0.29, 0.717) is 23.8 Å². The Hall–Kier alpha value is -3.12. The molecule has 1 N–H and O–H groups in total. The zero-order valence-corrected chi connectivity index (χ0v) is 23.6. The Labute approximate surface area is 224 Å². The molecule has 1 aliphatic rings. The minimum absolute atomic E-state index is 0.0544. The first kappa shape index (κ1) is 26.9. The van der Waals surface area contributed by atoms with Gasteiger partial charge in [-0.05, 0) is 92.8 Å². The topological polar surface area (TPSA) is 59.9 Å². The van der Waals surface area contributed by atoms with Crippen molar-refractivity contribution in [3.8, 4) is 11.5 Å². The summed E-state index contributed by atoms with van der Waals surface area (Å²) in [6.45, 7) is 13.4. The van der Waals surface area contributed by atoms with Gasteiger partial charge in [0.05, 0.1) is 18.3 Å². The summed E-state index contributed by atoms with van der Waals surface area (Å²) in [5.41, 5.74) is 3.77. The second-order valence-corrected chi connectivity index (χ2v) is 12.0. The highest BCUT2D eigenvalue weighted by Crippen LogP contribution is 2.45. The number of carbonyl (C=O) groups is 1. The van der Waals surface area contributed by atoms with Gasteiger partial charge in [-0.15, -0.1) is 11.3 Å². The fourth-order valence-electron chi connectivity index (χ4n) is 4.71. The zero-order chi connectivity index (χ0) is 26.6. The van der Waals surface area contributed by atoms with Crippen LogP contribution in [-0.4, -0.2) is 24.8 Å². The second-order valence-electron chi connectivity index (χ2n) is 10.9. The molecule has 0 aliphatic heterocycles. The van der Waals surface area contributed by atoms with Gasteiger partial charge in [-0.1, -0.05) is 39.0 Å². The van der Waals surface area contributed by atoms with Crippen LogP contribution in [0.1, 0.15) is 74.3 Å². The molecular formula is C31H38N2O3S. The fraction of sp³-hybridized carbons (Fsp3) is 0.419. The van der Waals surface area contributed by atoms with Gasteiger partial charge in [0.1, 0.15) is 5.00 Å². The van der Waals surface area contributed by atoms with Crippen LogP contribution in [0.3, 0.4) is 0 Å². The molecule has 0 bridgehead atoms. The molecule has 0 spiro atoms. The Morgan fingerprint density at radius 1 is 1.16 bits per heavy atom. The van der Waals surface area contributed by atoms with E-state index in [9.17, 15) is 4.79 Å². The number of ether oxygens (including phenoxy) is 2. The second kappa shape index (κ2) is 11.5. The van der Waals surface area contributed by atoms with Crippen molar-refractivity contribution >= 4 is 34.1 Å². The first-order valence-corrected chi connectivity index (χ1v) is 14.0. The fourth-order valence-corrected chi connectivity index (χ4v) is 5.98. The van der Waals surface area contributed by atoms with Crippen molar-refractivity contribution in [3.63, 3.8) is 0 Å². The van der Waals surface area contributed by atoms with Crippen LogP contribution in [0.5, 0.6) is 11.5 Å². The number of aliphatic imine (C=N–C) groups is 1. The largest absolute Gasteiger partial charge is 0.490 e. The number of nitrogens with zero attached hydrogens (tertiary/aromatic N) is 1. The van der Waals surface area contributed by atoms with Gasteiger partial charge < -0.3 is 14.8 Å². The van der Waals surface area contributed by atoms with Gasteiger partial charge in [0, 0.05) is 16.8 Å². The molecule has 3 aromatic rings.